The second kappa shape index (κ2) is 9.23. The lowest BCUT2D eigenvalue weighted by Gasteiger charge is -2.37. The van der Waals surface area contributed by atoms with Gasteiger partial charge in [-0.15, -0.1) is 0 Å². The Bertz CT molecular complexity index is 866. The quantitative estimate of drug-likeness (QED) is 0.694. The highest BCUT2D eigenvalue weighted by molar-refractivity contribution is 5.83. The van der Waals surface area contributed by atoms with Crippen LogP contribution in [0.1, 0.15) is 45.6 Å². The number of nitrogens with zero attached hydrogens (tertiary/aromatic N) is 3. The van der Waals surface area contributed by atoms with Crippen LogP contribution in [0.4, 0.5) is 9.59 Å². The van der Waals surface area contributed by atoms with Gasteiger partial charge < -0.3 is 24.2 Å². The maximum absolute atomic E-state index is 13.1. The van der Waals surface area contributed by atoms with Crippen LogP contribution in [0.2, 0.25) is 0 Å². The number of carbonyl (C=O) groups excluding carboxylic acids is 3. The van der Waals surface area contributed by atoms with Gasteiger partial charge in [-0.25, -0.2) is 9.59 Å². The van der Waals surface area contributed by atoms with E-state index in [2.05, 4.69) is 0 Å². The van der Waals surface area contributed by atoms with E-state index in [0.29, 0.717) is 39.3 Å². The molecule has 3 aliphatic rings. The summed E-state index contributed by atoms with van der Waals surface area (Å²) in [5.41, 5.74) is 0.474. The van der Waals surface area contributed by atoms with Crippen LogP contribution < -0.4 is 0 Å². The van der Waals surface area contributed by atoms with E-state index in [0.717, 1.165) is 24.8 Å². The number of ether oxygens (including phenoxy) is 2. The summed E-state index contributed by atoms with van der Waals surface area (Å²) >= 11 is 0. The Morgan fingerprint density at radius 2 is 1.45 bits per heavy atom. The first-order valence-electron chi connectivity index (χ1n) is 11.9. The van der Waals surface area contributed by atoms with Gasteiger partial charge in [0.05, 0.1) is 0 Å². The molecule has 1 aromatic rings. The van der Waals surface area contributed by atoms with E-state index in [1.54, 1.807) is 9.80 Å². The predicted octanol–water partition coefficient (Wildman–Crippen LogP) is 3.50. The number of hydrogen-bond donors (Lipinski definition) is 0. The Hall–Kier alpha value is -2.77. The van der Waals surface area contributed by atoms with Crippen LogP contribution in [-0.2, 0) is 20.9 Å². The van der Waals surface area contributed by atoms with E-state index in [4.69, 9.17) is 9.47 Å². The van der Waals surface area contributed by atoms with Gasteiger partial charge in [0.1, 0.15) is 12.2 Å². The average Bonchev–Trinajstić information content (AvgIpc) is 3.50. The fourth-order valence-corrected chi connectivity index (χ4v) is 4.85. The van der Waals surface area contributed by atoms with Crippen molar-refractivity contribution in [3.63, 3.8) is 0 Å². The Morgan fingerprint density at radius 3 is 2.06 bits per heavy atom. The van der Waals surface area contributed by atoms with E-state index < -0.39 is 5.60 Å². The number of rotatable bonds is 3. The van der Waals surface area contributed by atoms with Crippen LogP contribution >= 0.6 is 0 Å². The average molecular weight is 458 g/mol. The van der Waals surface area contributed by atoms with Gasteiger partial charge in [-0.2, -0.15) is 0 Å². The summed E-state index contributed by atoms with van der Waals surface area (Å²) in [5, 5.41) is 0. The van der Waals surface area contributed by atoms with Gasteiger partial charge in [0.2, 0.25) is 5.91 Å². The number of likely N-dealkylation sites (tertiary alicyclic amines) is 1. The molecule has 0 aromatic heterocycles. The molecule has 1 saturated carbocycles. The highest BCUT2D eigenvalue weighted by atomic mass is 16.6. The zero-order valence-electron chi connectivity index (χ0n) is 19.9. The summed E-state index contributed by atoms with van der Waals surface area (Å²) in [6.45, 7) is 9.18. The fraction of sp³-hybridized carbons (Fsp3) is 0.640. The Balaban J connectivity index is 1.20. The highest BCUT2D eigenvalue weighted by Gasteiger charge is 2.59. The minimum absolute atomic E-state index is 0.0234. The molecule has 1 aromatic carbocycles. The van der Waals surface area contributed by atoms with Crippen molar-refractivity contribution >= 4 is 18.1 Å². The molecule has 0 N–H and O–H groups in total. The minimum atomic E-state index is -0.521. The van der Waals surface area contributed by atoms with E-state index >= 15 is 0 Å². The third kappa shape index (κ3) is 5.60. The Morgan fingerprint density at radius 1 is 0.879 bits per heavy atom. The second-order valence-corrected chi connectivity index (χ2v) is 10.4. The molecule has 1 aliphatic carbocycles. The van der Waals surface area contributed by atoms with Crippen molar-refractivity contribution in [2.45, 2.75) is 52.2 Å². The highest BCUT2D eigenvalue weighted by Crippen LogP contribution is 2.60. The summed E-state index contributed by atoms with van der Waals surface area (Å²) in [6.07, 6.45) is 1.97. The molecule has 33 heavy (non-hydrogen) atoms. The molecule has 0 radical (unpaired) electrons. The van der Waals surface area contributed by atoms with Gasteiger partial charge in [-0.3, -0.25) is 4.79 Å². The zero-order chi connectivity index (χ0) is 23.6. The molecule has 2 heterocycles. The number of benzene rings is 1. The number of piperazine rings is 1. The minimum Gasteiger partial charge on any atom is -0.445 e. The summed E-state index contributed by atoms with van der Waals surface area (Å²) in [7, 11) is 0. The first-order valence-corrected chi connectivity index (χ1v) is 11.9. The summed E-state index contributed by atoms with van der Waals surface area (Å²) in [6, 6.07) is 9.66. The van der Waals surface area contributed by atoms with Gasteiger partial charge in [0, 0.05) is 45.2 Å². The number of hydrogen-bond acceptors (Lipinski definition) is 5. The lowest BCUT2D eigenvalue weighted by molar-refractivity contribution is -0.135. The number of amides is 3. The molecule has 2 saturated heterocycles. The van der Waals surface area contributed by atoms with Crippen molar-refractivity contribution in [3.8, 4) is 0 Å². The standard InChI is InChI=1S/C25H35N3O5/c1-24(2,3)33-23(31)28-15-13-26(14-16-28)21(29)20-17-25(20)9-11-27(12-10-25)22(30)32-18-19-7-5-4-6-8-19/h4-8,20H,9-18H2,1-3H3. The van der Waals surface area contributed by atoms with Crippen molar-refractivity contribution in [1.82, 2.24) is 14.7 Å². The van der Waals surface area contributed by atoms with Crippen molar-refractivity contribution in [3.05, 3.63) is 35.9 Å². The summed E-state index contributed by atoms with van der Waals surface area (Å²) in [4.78, 5) is 43.1. The maximum Gasteiger partial charge on any atom is 0.410 e. The zero-order valence-corrected chi connectivity index (χ0v) is 19.9. The SMILES string of the molecule is CC(C)(C)OC(=O)N1CCN(C(=O)C2CC23CCN(C(=O)OCc2ccccc2)CC3)CC1. The largest absolute Gasteiger partial charge is 0.445 e. The van der Waals surface area contributed by atoms with Crippen molar-refractivity contribution in [1.29, 1.82) is 0 Å². The van der Waals surface area contributed by atoms with Crippen molar-refractivity contribution in [2.75, 3.05) is 39.3 Å². The second-order valence-electron chi connectivity index (χ2n) is 10.4. The van der Waals surface area contributed by atoms with Crippen molar-refractivity contribution < 1.29 is 23.9 Å². The Labute approximate surface area is 195 Å². The molecule has 8 nitrogen and oxygen atoms in total. The topological polar surface area (TPSA) is 79.4 Å². The predicted molar refractivity (Wildman–Crippen MR) is 122 cm³/mol. The van der Waals surface area contributed by atoms with Gasteiger partial charge in [-0.1, -0.05) is 30.3 Å². The van der Waals surface area contributed by atoms with Crippen LogP contribution in [-0.4, -0.2) is 77.7 Å². The monoisotopic (exact) mass is 457 g/mol. The molecule has 4 rings (SSSR count). The molecule has 0 bridgehead atoms. The molecule has 180 valence electrons. The first kappa shape index (κ1) is 23.4. The Kier molecular flexibility index (Phi) is 6.54. The third-order valence-corrected chi connectivity index (χ3v) is 6.95. The van der Waals surface area contributed by atoms with Gasteiger partial charge in [0.25, 0.3) is 0 Å². The van der Waals surface area contributed by atoms with E-state index in [-0.39, 0.29) is 36.0 Å². The third-order valence-electron chi connectivity index (χ3n) is 6.95. The lowest BCUT2D eigenvalue weighted by atomic mass is 9.90. The normalized spacial score (nSPS) is 22.2. The number of carbonyl (C=O) groups is 3. The molecule has 3 fully saturated rings. The molecule has 2 aliphatic heterocycles. The molecular formula is C25H35N3O5. The van der Waals surface area contributed by atoms with Gasteiger partial charge in [0.15, 0.2) is 0 Å². The van der Waals surface area contributed by atoms with E-state index in [1.807, 2.05) is 56.0 Å². The number of piperidine rings is 1. The first-order chi connectivity index (χ1) is 15.7. The van der Waals surface area contributed by atoms with Gasteiger partial charge in [-0.05, 0) is 51.0 Å². The molecular weight excluding hydrogens is 422 g/mol. The molecule has 1 atom stereocenters. The molecule has 1 spiro atoms. The van der Waals surface area contributed by atoms with Crippen LogP contribution in [0.25, 0.3) is 0 Å². The van der Waals surface area contributed by atoms with Crippen LogP contribution in [0.3, 0.4) is 0 Å². The molecule has 1 unspecified atom stereocenters. The van der Waals surface area contributed by atoms with Crippen LogP contribution in [0.15, 0.2) is 30.3 Å². The van der Waals surface area contributed by atoms with Crippen molar-refractivity contribution in [2.24, 2.45) is 11.3 Å². The lowest BCUT2D eigenvalue weighted by Crippen LogP contribution is -2.52. The smallest absolute Gasteiger partial charge is 0.410 e. The van der Waals surface area contributed by atoms with Gasteiger partial charge >= 0.3 is 12.2 Å². The summed E-state index contributed by atoms with van der Waals surface area (Å²) < 4.78 is 10.9. The van der Waals surface area contributed by atoms with Crippen LogP contribution in [0.5, 0.6) is 0 Å². The summed E-state index contributed by atoms with van der Waals surface area (Å²) in [5.74, 6) is 0.229. The molecule has 3 amide bonds. The van der Waals surface area contributed by atoms with E-state index in [9.17, 15) is 14.4 Å². The van der Waals surface area contributed by atoms with Crippen LogP contribution in [0, 0.1) is 11.3 Å². The fourth-order valence-electron chi connectivity index (χ4n) is 4.85. The molecule has 8 heteroatoms. The maximum atomic E-state index is 13.1. The van der Waals surface area contributed by atoms with E-state index in [1.165, 1.54) is 0 Å².